The van der Waals surface area contributed by atoms with Gasteiger partial charge in [0.15, 0.2) is 5.84 Å². The Hall–Kier alpha value is -7.95. The van der Waals surface area contributed by atoms with Crippen LogP contribution in [0.25, 0.3) is 77.7 Å². The number of amidine groups is 1. The molecule has 1 N–H and O–H groups in total. The van der Waals surface area contributed by atoms with Crippen LogP contribution in [-0.2, 0) is 6.54 Å². The Labute approximate surface area is 381 Å². The van der Waals surface area contributed by atoms with Crippen LogP contribution in [0.15, 0.2) is 228 Å². The quantitative estimate of drug-likeness (QED) is 0.0967. The van der Waals surface area contributed by atoms with Crippen molar-refractivity contribution in [3.8, 4) is 55.9 Å². The maximum atomic E-state index is 5.46. The number of H-pyrrole nitrogens is 1. The number of nitrogens with zero attached hydrogens (tertiary/aromatic N) is 3. The summed E-state index contributed by atoms with van der Waals surface area (Å²) in [4.78, 5) is 19.1. The lowest BCUT2D eigenvalue weighted by atomic mass is 9.91. The second kappa shape index (κ2) is 18.8. The summed E-state index contributed by atoms with van der Waals surface area (Å²) in [5.41, 5.74) is 16.8. The zero-order valence-corrected chi connectivity index (χ0v) is 36.8. The molecule has 10 aromatic rings. The van der Waals surface area contributed by atoms with Gasteiger partial charge in [-0.1, -0.05) is 214 Å². The topological polar surface area (TPSA) is 53.4 Å². The van der Waals surface area contributed by atoms with Crippen molar-refractivity contribution >= 4 is 33.4 Å². The summed E-state index contributed by atoms with van der Waals surface area (Å²) in [5.74, 6) is 2.10. The average Bonchev–Trinajstić information content (AvgIpc) is 3.82. The van der Waals surface area contributed by atoms with E-state index < -0.39 is 0 Å². The molecule has 0 bridgehead atoms. The second-order valence-corrected chi connectivity index (χ2v) is 16.9. The van der Waals surface area contributed by atoms with Crippen LogP contribution in [0.5, 0.6) is 0 Å². The van der Waals surface area contributed by atoms with Gasteiger partial charge in [0.2, 0.25) is 0 Å². The second-order valence-electron chi connectivity index (χ2n) is 16.9. The smallest absolute Gasteiger partial charge is 0.155 e. The van der Waals surface area contributed by atoms with Gasteiger partial charge in [0, 0.05) is 11.1 Å². The fourth-order valence-electron chi connectivity index (χ4n) is 8.67. The van der Waals surface area contributed by atoms with Crippen LogP contribution in [0.3, 0.4) is 0 Å². The predicted molar refractivity (Wildman–Crippen MR) is 275 cm³/mol. The molecule has 1 heterocycles. The summed E-state index contributed by atoms with van der Waals surface area (Å²) in [6.07, 6.45) is 1.94. The summed E-state index contributed by atoms with van der Waals surface area (Å²) in [7, 11) is 0. The summed E-state index contributed by atoms with van der Waals surface area (Å²) in [6.45, 7) is 5.07. The van der Waals surface area contributed by atoms with Crippen LogP contribution < -0.4 is 0 Å². The van der Waals surface area contributed by atoms with Crippen LogP contribution >= 0.6 is 0 Å². The molecule has 0 unspecified atom stereocenters. The minimum Gasteiger partial charge on any atom is -0.338 e. The van der Waals surface area contributed by atoms with E-state index >= 15 is 0 Å². The Balaban J connectivity index is 0.983. The molecular weight excluding hydrogens is 789 g/mol. The summed E-state index contributed by atoms with van der Waals surface area (Å²) in [6, 6.07) is 77.6. The van der Waals surface area contributed by atoms with Gasteiger partial charge in [-0.3, -0.25) is 4.99 Å². The van der Waals surface area contributed by atoms with E-state index in [9.17, 15) is 0 Å². The maximum Gasteiger partial charge on any atom is 0.155 e. The van der Waals surface area contributed by atoms with E-state index in [-0.39, 0.29) is 0 Å². The van der Waals surface area contributed by atoms with Gasteiger partial charge in [0.25, 0.3) is 0 Å². The van der Waals surface area contributed by atoms with Crippen LogP contribution in [0.1, 0.15) is 43.4 Å². The van der Waals surface area contributed by atoms with Crippen molar-refractivity contribution in [3.63, 3.8) is 0 Å². The number of nitrogens with one attached hydrogen (secondary N) is 1. The minimum atomic E-state index is 0.480. The summed E-state index contributed by atoms with van der Waals surface area (Å²) >= 11 is 0. The molecule has 0 spiro atoms. The fourth-order valence-corrected chi connectivity index (χ4v) is 8.67. The van der Waals surface area contributed by atoms with Crippen molar-refractivity contribution in [2.75, 3.05) is 0 Å². The SMILES string of the molecule is CC[C@H](C)C/C(=N\C(=N/Cc1ccc(-c2ccccc2)cc1)c1cccc(-c2cccc3c(-c4ccc(-c5cccc(-c6nc7ccccc7[nH]6)c5)cc4)cccc23)c1)c1ccccc1. The number of para-hydroxylation sites is 2. The predicted octanol–water partition coefficient (Wildman–Crippen LogP) is 15.9. The monoisotopic (exact) mass is 838 g/mol. The third-order valence-corrected chi connectivity index (χ3v) is 12.5. The maximum absolute atomic E-state index is 5.46. The molecule has 9 aromatic carbocycles. The van der Waals surface area contributed by atoms with Crippen molar-refractivity contribution in [2.45, 2.75) is 33.2 Å². The van der Waals surface area contributed by atoms with Crippen molar-refractivity contribution in [1.29, 1.82) is 0 Å². The van der Waals surface area contributed by atoms with Gasteiger partial charge in [-0.2, -0.15) is 0 Å². The van der Waals surface area contributed by atoms with Gasteiger partial charge in [-0.15, -0.1) is 0 Å². The van der Waals surface area contributed by atoms with E-state index in [2.05, 4.69) is 219 Å². The average molecular weight is 839 g/mol. The number of benzene rings is 9. The summed E-state index contributed by atoms with van der Waals surface area (Å²) in [5, 5.41) is 2.41. The van der Waals surface area contributed by atoms with E-state index in [1.807, 2.05) is 18.2 Å². The highest BCUT2D eigenvalue weighted by Crippen LogP contribution is 2.36. The Bertz CT molecular complexity index is 3260. The number of hydrogen-bond donors (Lipinski definition) is 1. The molecule has 1 atom stereocenters. The molecule has 4 heteroatoms. The molecule has 0 saturated heterocycles. The first-order valence-electron chi connectivity index (χ1n) is 22.7. The summed E-state index contributed by atoms with van der Waals surface area (Å²) < 4.78 is 0. The molecule has 0 saturated carbocycles. The van der Waals surface area contributed by atoms with Crippen LogP contribution in [0.2, 0.25) is 0 Å². The molecule has 0 radical (unpaired) electrons. The molecule has 0 amide bonds. The van der Waals surface area contributed by atoms with E-state index in [0.717, 1.165) is 80.2 Å². The van der Waals surface area contributed by atoms with Gasteiger partial charge in [-0.25, -0.2) is 9.98 Å². The zero-order valence-electron chi connectivity index (χ0n) is 36.8. The number of aromatic nitrogens is 2. The normalized spacial score (nSPS) is 12.5. The van der Waals surface area contributed by atoms with Gasteiger partial charge in [-0.05, 0) is 103 Å². The first-order valence-corrected chi connectivity index (χ1v) is 22.7. The number of rotatable bonds is 12. The Morgan fingerprint density at radius 3 is 1.78 bits per heavy atom. The lowest BCUT2D eigenvalue weighted by Gasteiger charge is -2.15. The lowest BCUT2D eigenvalue weighted by molar-refractivity contribution is 0.587. The van der Waals surface area contributed by atoms with Gasteiger partial charge < -0.3 is 4.98 Å². The number of aliphatic imine (C=N–C) groups is 2. The Morgan fingerprint density at radius 2 is 1.05 bits per heavy atom. The van der Waals surface area contributed by atoms with E-state index in [1.54, 1.807) is 0 Å². The van der Waals surface area contributed by atoms with Crippen molar-refractivity contribution in [3.05, 3.63) is 235 Å². The molecule has 4 nitrogen and oxygen atoms in total. The zero-order chi connectivity index (χ0) is 44.0. The highest BCUT2D eigenvalue weighted by molar-refractivity contribution is 6.13. The van der Waals surface area contributed by atoms with E-state index in [0.29, 0.717) is 12.5 Å². The highest BCUT2D eigenvalue weighted by atomic mass is 14.9. The molecule has 0 aliphatic carbocycles. The first kappa shape index (κ1) is 41.1. The Kier molecular flexibility index (Phi) is 11.9. The molecule has 0 aliphatic heterocycles. The number of imidazole rings is 1. The third kappa shape index (κ3) is 9.11. The Morgan fingerprint density at radius 1 is 0.492 bits per heavy atom. The lowest BCUT2D eigenvalue weighted by Crippen LogP contribution is -2.11. The first-order chi connectivity index (χ1) is 32.1. The number of aromatic amines is 1. The molecule has 0 aliphatic rings. The van der Waals surface area contributed by atoms with E-state index in [1.165, 1.54) is 38.6 Å². The van der Waals surface area contributed by atoms with Crippen LogP contribution in [-0.4, -0.2) is 21.5 Å². The van der Waals surface area contributed by atoms with Crippen LogP contribution in [0, 0.1) is 5.92 Å². The van der Waals surface area contributed by atoms with Crippen molar-refractivity contribution in [2.24, 2.45) is 15.9 Å². The third-order valence-electron chi connectivity index (χ3n) is 12.5. The van der Waals surface area contributed by atoms with Gasteiger partial charge in [0.1, 0.15) is 5.82 Å². The largest absolute Gasteiger partial charge is 0.338 e. The van der Waals surface area contributed by atoms with Crippen molar-refractivity contribution < 1.29 is 0 Å². The number of hydrogen-bond acceptors (Lipinski definition) is 2. The number of fused-ring (bicyclic) bond motifs is 2. The highest BCUT2D eigenvalue weighted by Gasteiger charge is 2.15. The molecule has 1 aromatic heterocycles. The van der Waals surface area contributed by atoms with Crippen LogP contribution in [0.4, 0.5) is 0 Å². The molecular formula is C61H50N4. The fraction of sp³-hybridized carbons (Fsp3) is 0.0984. The van der Waals surface area contributed by atoms with Crippen molar-refractivity contribution in [1.82, 2.24) is 9.97 Å². The van der Waals surface area contributed by atoms with Gasteiger partial charge in [0.05, 0.1) is 23.3 Å². The molecule has 65 heavy (non-hydrogen) atoms. The molecule has 314 valence electrons. The van der Waals surface area contributed by atoms with Gasteiger partial charge >= 0.3 is 0 Å². The minimum absolute atomic E-state index is 0.480. The molecule has 0 fully saturated rings. The standard InChI is InChI=1S/C61H50N4/c1-3-42(2)38-59(48-18-8-5-9-19-48)65-60(62-41-43-30-32-45(33-31-43)44-16-6-4-7-17-44)51-22-13-21-50(40-51)54-25-15-26-55-53(24-14-27-56(54)55)47-36-34-46(35-37-47)49-20-12-23-52(39-49)61-63-57-28-10-11-29-58(57)64-61/h4-37,39-40,42H,3,38,41H2,1-2H3,(H,63,64)/b62-60-,65-59+/t42-/m0/s1. The molecule has 10 rings (SSSR count). The van der Waals surface area contributed by atoms with E-state index in [4.69, 9.17) is 15.0 Å².